The van der Waals surface area contributed by atoms with Crippen molar-refractivity contribution in [2.24, 2.45) is 5.92 Å². The number of benzene rings is 2. The van der Waals surface area contributed by atoms with E-state index in [1.165, 1.54) is 12.0 Å². The second-order valence-corrected chi connectivity index (χ2v) is 15.9. The molecule has 4 rings (SSSR count). The minimum atomic E-state index is -3.92. The van der Waals surface area contributed by atoms with Crippen molar-refractivity contribution in [1.29, 1.82) is 0 Å². The lowest BCUT2D eigenvalue weighted by Crippen LogP contribution is -2.57. The van der Waals surface area contributed by atoms with Crippen LogP contribution in [-0.2, 0) is 45.0 Å². The van der Waals surface area contributed by atoms with Gasteiger partial charge in [-0.3, -0.25) is 14.4 Å². The van der Waals surface area contributed by atoms with Crippen molar-refractivity contribution in [3.05, 3.63) is 58.7 Å². The zero-order valence-electron chi connectivity index (χ0n) is 27.4. The first-order valence-corrected chi connectivity index (χ1v) is 18.7. The normalized spacial score (nSPS) is 19.8. The van der Waals surface area contributed by atoms with Gasteiger partial charge in [0.2, 0.25) is 31.9 Å². The van der Waals surface area contributed by atoms with Crippen LogP contribution in [0.25, 0.3) is 0 Å². The van der Waals surface area contributed by atoms with Crippen LogP contribution < -0.4 is 14.8 Å². The summed E-state index contributed by atoms with van der Waals surface area (Å²) in [6.07, 6.45) is 1.11. The molecular formula is C32H42N4O10S2. The Labute approximate surface area is 280 Å². The second kappa shape index (κ2) is 15.1. The Morgan fingerprint density at radius 1 is 0.979 bits per heavy atom. The summed E-state index contributed by atoms with van der Waals surface area (Å²) in [5.74, 6) is -4.57. The van der Waals surface area contributed by atoms with Gasteiger partial charge in [-0.2, -0.15) is 4.31 Å². The fraction of sp³-hybridized carbons (Fsp3) is 0.500. The number of rotatable bonds is 13. The molecule has 262 valence electrons. The van der Waals surface area contributed by atoms with Crippen molar-refractivity contribution < 1.29 is 45.9 Å². The van der Waals surface area contributed by atoms with Gasteiger partial charge in [-0.05, 0) is 80.7 Å². The number of amides is 2. The summed E-state index contributed by atoms with van der Waals surface area (Å²) in [4.78, 5) is 51.6. The molecule has 0 bridgehead atoms. The molecule has 3 N–H and O–H groups in total. The average Bonchev–Trinajstić information content (AvgIpc) is 3.02. The number of ether oxygens (including phenoxy) is 1. The minimum absolute atomic E-state index is 0.0270. The molecule has 1 aliphatic carbocycles. The number of nitrogens with zero attached hydrogens (tertiary/aromatic N) is 2. The number of piperazine rings is 1. The molecule has 2 fully saturated rings. The van der Waals surface area contributed by atoms with Gasteiger partial charge in [-0.15, -0.1) is 0 Å². The van der Waals surface area contributed by atoms with E-state index in [1.54, 1.807) is 57.2 Å². The monoisotopic (exact) mass is 706 g/mol. The number of nitrogens with one attached hydrogen (secondary N) is 2. The lowest BCUT2D eigenvalue weighted by molar-refractivity contribution is -0.151. The zero-order valence-corrected chi connectivity index (χ0v) is 29.0. The first-order valence-electron chi connectivity index (χ1n) is 15.6. The molecule has 48 heavy (non-hydrogen) atoms. The molecule has 1 saturated heterocycles. The van der Waals surface area contributed by atoms with Crippen molar-refractivity contribution in [3.8, 4) is 5.75 Å². The first-order chi connectivity index (χ1) is 22.5. The van der Waals surface area contributed by atoms with Crippen LogP contribution in [0, 0.1) is 26.7 Å². The largest absolute Gasteiger partial charge is 0.496 e. The number of Topliss-reactive ketones (excluding diaryl/α,β-unsaturated/α-hetero) is 1. The van der Waals surface area contributed by atoms with Gasteiger partial charge in [0, 0.05) is 19.1 Å². The van der Waals surface area contributed by atoms with Gasteiger partial charge >= 0.3 is 5.97 Å². The maximum atomic E-state index is 13.4. The lowest BCUT2D eigenvalue weighted by Gasteiger charge is -2.35. The molecule has 2 aromatic rings. The topological polar surface area (TPSA) is 197 Å². The van der Waals surface area contributed by atoms with Crippen LogP contribution in [0.3, 0.4) is 0 Å². The molecule has 2 amide bonds. The van der Waals surface area contributed by atoms with Gasteiger partial charge in [-0.25, -0.2) is 26.4 Å². The van der Waals surface area contributed by atoms with Crippen molar-refractivity contribution in [2.45, 2.75) is 69.2 Å². The molecule has 0 radical (unpaired) electrons. The summed E-state index contributed by atoms with van der Waals surface area (Å²) in [7, 11) is -6.20. The van der Waals surface area contributed by atoms with E-state index in [1.807, 2.05) is 0 Å². The Balaban J connectivity index is 1.35. The molecule has 1 atom stereocenters. The third-order valence-corrected chi connectivity index (χ3v) is 12.7. The Morgan fingerprint density at radius 3 is 2.21 bits per heavy atom. The van der Waals surface area contributed by atoms with Crippen molar-refractivity contribution in [3.63, 3.8) is 0 Å². The van der Waals surface area contributed by atoms with E-state index < -0.39 is 74.7 Å². The molecule has 0 spiro atoms. The predicted molar refractivity (Wildman–Crippen MR) is 175 cm³/mol. The number of hydrogen-bond donors (Lipinski definition) is 3. The van der Waals surface area contributed by atoms with Crippen LogP contribution in [0.4, 0.5) is 0 Å². The maximum absolute atomic E-state index is 13.4. The third kappa shape index (κ3) is 8.59. The van der Waals surface area contributed by atoms with Crippen molar-refractivity contribution in [2.75, 3.05) is 33.3 Å². The van der Waals surface area contributed by atoms with Crippen LogP contribution >= 0.6 is 0 Å². The van der Waals surface area contributed by atoms with Gasteiger partial charge in [-0.1, -0.05) is 30.3 Å². The molecule has 0 aromatic heterocycles. The second-order valence-electron chi connectivity index (χ2n) is 12.3. The van der Waals surface area contributed by atoms with E-state index >= 15 is 0 Å². The summed E-state index contributed by atoms with van der Waals surface area (Å²) in [5.41, 5.74) is 2.37. The standard InChI is InChI=1S/C32H42N4O10S2/c1-20-16-26(46-4)21(2)22(3)31(20)48(44,45)34-25-12-10-24(11-13-25)29(30(39)32(40)41)33-27(37)17-35-14-15-36(18-28(35)38)47(42,43)19-23-8-6-5-7-9-23/h5-9,16,24-25,29,34H,10-15,17-19H2,1-4H3,(H,33,37)(H,40,41). The van der Waals surface area contributed by atoms with Crippen LogP contribution in [0.2, 0.25) is 0 Å². The maximum Gasteiger partial charge on any atom is 0.374 e. The van der Waals surface area contributed by atoms with E-state index in [0.717, 1.165) is 4.31 Å². The number of methoxy groups -OCH3 is 1. The summed E-state index contributed by atoms with van der Waals surface area (Å²) in [6.45, 7) is 4.16. The summed E-state index contributed by atoms with van der Waals surface area (Å²) < 4.78 is 61.7. The quantitative estimate of drug-likeness (QED) is 0.255. The number of aliphatic carboxylic acids is 1. The minimum Gasteiger partial charge on any atom is -0.496 e. The highest BCUT2D eigenvalue weighted by Crippen LogP contribution is 2.33. The fourth-order valence-corrected chi connectivity index (χ4v) is 9.68. The predicted octanol–water partition coefficient (Wildman–Crippen LogP) is 1.27. The Kier molecular flexibility index (Phi) is 11.7. The number of aryl methyl sites for hydroxylation is 1. The molecule has 14 nitrogen and oxygen atoms in total. The molecule has 2 aliphatic rings. The molecule has 1 saturated carbocycles. The van der Waals surface area contributed by atoms with E-state index in [2.05, 4.69) is 10.0 Å². The van der Waals surface area contributed by atoms with Crippen LogP contribution in [0.1, 0.15) is 47.9 Å². The Morgan fingerprint density at radius 2 is 1.62 bits per heavy atom. The SMILES string of the molecule is COc1cc(C)c(S(=O)(=O)NC2CCC(C(NC(=O)CN3CCN(S(=O)(=O)Cc4ccccc4)CC3=O)C(=O)C(=O)O)CC2)c(C)c1C. The van der Waals surface area contributed by atoms with Gasteiger partial charge in [0.25, 0.3) is 5.78 Å². The average molecular weight is 707 g/mol. The van der Waals surface area contributed by atoms with E-state index in [-0.39, 0.29) is 36.6 Å². The number of ketones is 1. The smallest absolute Gasteiger partial charge is 0.374 e. The fourth-order valence-electron chi connectivity index (χ4n) is 6.39. The van der Waals surface area contributed by atoms with Crippen molar-refractivity contribution >= 4 is 43.6 Å². The van der Waals surface area contributed by atoms with E-state index in [0.29, 0.717) is 40.8 Å². The number of carbonyl (C=O) groups is 4. The van der Waals surface area contributed by atoms with Crippen LogP contribution in [0.15, 0.2) is 41.3 Å². The van der Waals surface area contributed by atoms with Gasteiger partial charge in [0.1, 0.15) is 11.8 Å². The third-order valence-electron chi connectivity index (χ3n) is 9.05. The number of carbonyl (C=O) groups excluding carboxylic acids is 3. The number of carboxylic acids is 1. The van der Waals surface area contributed by atoms with E-state index in [9.17, 15) is 41.1 Å². The van der Waals surface area contributed by atoms with Crippen LogP contribution in [-0.4, -0.2) is 100 Å². The number of hydrogen-bond acceptors (Lipinski definition) is 9. The summed E-state index contributed by atoms with van der Waals surface area (Å²) >= 11 is 0. The van der Waals surface area contributed by atoms with Crippen LogP contribution in [0.5, 0.6) is 5.75 Å². The van der Waals surface area contributed by atoms with Gasteiger partial charge < -0.3 is 20.1 Å². The molecule has 2 aromatic carbocycles. The Bertz CT molecular complexity index is 1770. The molecule has 1 heterocycles. The van der Waals surface area contributed by atoms with Gasteiger partial charge in [0.15, 0.2) is 0 Å². The highest BCUT2D eigenvalue weighted by atomic mass is 32.2. The molecular weight excluding hydrogens is 665 g/mol. The van der Waals surface area contributed by atoms with E-state index in [4.69, 9.17) is 4.74 Å². The summed E-state index contributed by atoms with van der Waals surface area (Å²) in [5, 5.41) is 12.0. The van der Waals surface area contributed by atoms with Crippen molar-refractivity contribution in [1.82, 2.24) is 19.2 Å². The molecule has 16 heteroatoms. The molecule has 1 unspecified atom stereocenters. The Hall–Kier alpha value is -3.86. The highest BCUT2D eigenvalue weighted by Gasteiger charge is 2.39. The first kappa shape index (κ1) is 37.0. The van der Waals surface area contributed by atoms with Gasteiger partial charge in [0.05, 0.1) is 30.8 Å². The highest BCUT2D eigenvalue weighted by molar-refractivity contribution is 7.89. The summed E-state index contributed by atoms with van der Waals surface area (Å²) in [6, 6.07) is 8.34. The molecule has 1 aliphatic heterocycles. The zero-order chi connectivity index (χ0) is 35.4. The number of sulfonamides is 2. The number of carboxylic acid groups (broad SMARTS) is 1. The lowest BCUT2D eigenvalue weighted by atomic mass is 9.80.